The van der Waals surface area contributed by atoms with Gasteiger partial charge in [-0.05, 0) is 38.5 Å². The minimum Gasteiger partial charge on any atom is -0.389 e. The van der Waals surface area contributed by atoms with Crippen molar-refractivity contribution >= 4 is 11.7 Å². The molecule has 0 saturated heterocycles. The van der Waals surface area contributed by atoms with Gasteiger partial charge in [0.1, 0.15) is 6.54 Å². The molecule has 7 heteroatoms. The summed E-state index contributed by atoms with van der Waals surface area (Å²) < 4.78 is 37.4. The number of carbonyl (C=O) groups excluding carboxylic acids is 1. The number of carbonyl (C=O) groups is 1. The first-order valence-electron chi connectivity index (χ1n) is 6.52. The van der Waals surface area contributed by atoms with Crippen molar-refractivity contribution in [3.63, 3.8) is 0 Å². The molecule has 2 amide bonds. The summed E-state index contributed by atoms with van der Waals surface area (Å²) in [6.07, 6.45) is -5.18. The number of urea groups is 1. The van der Waals surface area contributed by atoms with Gasteiger partial charge in [-0.3, -0.25) is 0 Å². The SMILES string of the molecule is CC(O)c1cccc(NC(=O)N(CC(F)(F)F)C(C)C)c1. The molecule has 1 unspecified atom stereocenters. The van der Waals surface area contributed by atoms with Crippen LogP contribution in [0.3, 0.4) is 0 Å². The molecule has 1 aromatic rings. The topological polar surface area (TPSA) is 52.6 Å². The Morgan fingerprint density at radius 1 is 1.33 bits per heavy atom. The molecule has 0 bridgehead atoms. The quantitative estimate of drug-likeness (QED) is 0.894. The van der Waals surface area contributed by atoms with E-state index in [0.29, 0.717) is 16.2 Å². The predicted molar refractivity (Wildman–Crippen MR) is 74.0 cm³/mol. The molecule has 1 aromatic carbocycles. The summed E-state index contributed by atoms with van der Waals surface area (Å²) in [6, 6.07) is 4.93. The summed E-state index contributed by atoms with van der Waals surface area (Å²) in [5.41, 5.74) is 0.908. The first-order valence-corrected chi connectivity index (χ1v) is 6.52. The third kappa shape index (κ3) is 5.63. The molecule has 0 radical (unpaired) electrons. The van der Waals surface area contributed by atoms with Crippen LogP contribution in [0.25, 0.3) is 0 Å². The second-order valence-electron chi connectivity index (χ2n) is 5.07. The van der Waals surface area contributed by atoms with E-state index in [1.54, 1.807) is 25.1 Å². The maximum atomic E-state index is 12.5. The van der Waals surface area contributed by atoms with Crippen LogP contribution in [0, 0.1) is 0 Å². The lowest BCUT2D eigenvalue weighted by Gasteiger charge is -2.28. The van der Waals surface area contributed by atoms with E-state index < -0.39 is 30.9 Å². The van der Waals surface area contributed by atoms with Crippen LogP contribution >= 0.6 is 0 Å². The Labute approximate surface area is 121 Å². The van der Waals surface area contributed by atoms with Crippen molar-refractivity contribution in [1.82, 2.24) is 4.90 Å². The van der Waals surface area contributed by atoms with Crippen molar-refractivity contribution in [2.75, 3.05) is 11.9 Å². The molecule has 0 aromatic heterocycles. The first-order chi connectivity index (χ1) is 9.60. The van der Waals surface area contributed by atoms with Crippen LogP contribution in [0.4, 0.5) is 23.7 Å². The van der Waals surface area contributed by atoms with Crippen LogP contribution in [-0.4, -0.2) is 34.8 Å². The Balaban J connectivity index is 2.84. The normalized spacial score (nSPS) is 13.1. The molecule has 1 rings (SSSR count). The van der Waals surface area contributed by atoms with E-state index in [0.717, 1.165) is 0 Å². The van der Waals surface area contributed by atoms with Crippen LogP contribution in [0.15, 0.2) is 24.3 Å². The number of rotatable bonds is 4. The number of nitrogens with zero attached hydrogens (tertiary/aromatic N) is 1. The molecule has 0 spiro atoms. The average Bonchev–Trinajstić information content (AvgIpc) is 2.34. The Hall–Kier alpha value is -1.76. The fraction of sp³-hybridized carbons (Fsp3) is 0.500. The minimum atomic E-state index is -4.46. The zero-order chi connectivity index (χ0) is 16.2. The third-order valence-corrected chi connectivity index (χ3v) is 2.85. The van der Waals surface area contributed by atoms with Gasteiger partial charge in [-0.15, -0.1) is 0 Å². The third-order valence-electron chi connectivity index (χ3n) is 2.85. The highest BCUT2D eigenvalue weighted by molar-refractivity contribution is 5.89. The minimum absolute atomic E-state index is 0.339. The highest BCUT2D eigenvalue weighted by atomic mass is 19.4. The Morgan fingerprint density at radius 3 is 2.43 bits per heavy atom. The second-order valence-corrected chi connectivity index (χ2v) is 5.07. The Kier molecular flexibility index (Phi) is 5.60. The zero-order valence-corrected chi connectivity index (χ0v) is 12.1. The number of hydrogen-bond donors (Lipinski definition) is 2. The van der Waals surface area contributed by atoms with Crippen molar-refractivity contribution in [2.45, 2.75) is 39.1 Å². The van der Waals surface area contributed by atoms with Gasteiger partial charge < -0.3 is 15.3 Å². The lowest BCUT2D eigenvalue weighted by Crippen LogP contribution is -2.45. The molecule has 0 fully saturated rings. The second kappa shape index (κ2) is 6.80. The van der Waals surface area contributed by atoms with Crippen LogP contribution in [-0.2, 0) is 0 Å². The maximum Gasteiger partial charge on any atom is 0.406 e. The Morgan fingerprint density at radius 2 is 1.95 bits per heavy atom. The van der Waals surface area contributed by atoms with E-state index in [1.807, 2.05) is 0 Å². The molecular formula is C14H19F3N2O2. The van der Waals surface area contributed by atoms with E-state index in [1.165, 1.54) is 19.9 Å². The maximum absolute atomic E-state index is 12.5. The number of amides is 2. The number of hydrogen-bond acceptors (Lipinski definition) is 2. The van der Waals surface area contributed by atoms with Gasteiger partial charge in [-0.1, -0.05) is 12.1 Å². The Bertz CT molecular complexity index is 487. The lowest BCUT2D eigenvalue weighted by atomic mass is 10.1. The molecule has 0 aliphatic carbocycles. The molecule has 1 atom stereocenters. The van der Waals surface area contributed by atoms with Gasteiger partial charge in [0.15, 0.2) is 0 Å². The van der Waals surface area contributed by atoms with Gasteiger partial charge in [0, 0.05) is 11.7 Å². The van der Waals surface area contributed by atoms with E-state index in [2.05, 4.69) is 5.32 Å². The van der Waals surface area contributed by atoms with Crippen molar-refractivity contribution in [3.8, 4) is 0 Å². The zero-order valence-electron chi connectivity index (χ0n) is 12.1. The monoisotopic (exact) mass is 304 g/mol. The molecule has 0 aliphatic rings. The molecule has 0 heterocycles. The van der Waals surface area contributed by atoms with Gasteiger partial charge in [-0.2, -0.15) is 13.2 Å². The predicted octanol–water partition coefficient (Wildman–Crippen LogP) is 3.54. The highest BCUT2D eigenvalue weighted by Gasteiger charge is 2.34. The summed E-state index contributed by atoms with van der Waals surface area (Å²) in [7, 11) is 0. The molecule has 2 N–H and O–H groups in total. The summed E-state index contributed by atoms with van der Waals surface area (Å²) in [4.78, 5) is 12.7. The molecule has 0 aliphatic heterocycles. The highest BCUT2D eigenvalue weighted by Crippen LogP contribution is 2.20. The summed E-state index contributed by atoms with van der Waals surface area (Å²) in [5.74, 6) is 0. The lowest BCUT2D eigenvalue weighted by molar-refractivity contribution is -0.142. The van der Waals surface area contributed by atoms with E-state index in [9.17, 15) is 23.1 Å². The van der Waals surface area contributed by atoms with E-state index in [-0.39, 0.29) is 0 Å². The van der Waals surface area contributed by atoms with Gasteiger partial charge in [-0.25, -0.2) is 4.79 Å². The summed E-state index contributed by atoms with van der Waals surface area (Å²) >= 11 is 0. The number of aliphatic hydroxyl groups is 1. The molecule has 4 nitrogen and oxygen atoms in total. The van der Waals surface area contributed by atoms with E-state index >= 15 is 0 Å². The number of aliphatic hydroxyl groups excluding tert-OH is 1. The number of benzene rings is 1. The largest absolute Gasteiger partial charge is 0.406 e. The number of alkyl halides is 3. The smallest absolute Gasteiger partial charge is 0.389 e. The van der Waals surface area contributed by atoms with Gasteiger partial charge in [0.25, 0.3) is 0 Å². The molecule has 21 heavy (non-hydrogen) atoms. The summed E-state index contributed by atoms with van der Waals surface area (Å²) in [5, 5.41) is 11.9. The van der Waals surface area contributed by atoms with Crippen LogP contribution < -0.4 is 5.32 Å². The van der Waals surface area contributed by atoms with Crippen LogP contribution in [0.1, 0.15) is 32.4 Å². The van der Waals surface area contributed by atoms with E-state index in [4.69, 9.17) is 0 Å². The van der Waals surface area contributed by atoms with Crippen molar-refractivity contribution < 1.29 is 23.1 Å². The standard InChI is InChI=1S/C14H19F3N2O2/c1-9(2)19(8-14(15,16)17)13(21)18-12-6-4-5-11(7-12)10(3)20/h4-7,9-10,20H,8H2,1-3H3,(H,18,21). The molecule has 118 valence electrons. The van der Waals surface area contributed by atoms with Gasteiger partial charge in [0.05, 0.1) is 6.10 Å². The van der Waals surface area contributed by atoms with Crippen LogP contribution in [0.2, 0.25) is 0 Å². The number of nitrogens with one attached hydrogen (secondary N) is 1. The van der Waals surface area contributed by atoms with Crippen molar-refractivity contribution in [3.05, 3.63) is 29.8 Å². The first kappa shape index (κ1) is 17.3. The van der Waals surface area contributed by atoms with Crippen molar-refractivity contribution in [1.29, 1.82) is 0 Å². The molecule has 0 saturated carbocycles. The van der Waals surface area contributed by atoms with Gasteiger partial charge in [0.2, 0.25) is 0 Å². The number of halogens is 3. The fourth-order valence-corrected chi connectivity index (χ4v) is 1.75. The summed E-state index contributed by atoms with van der Waals surface area (Å²) in [6.45, 7) is 3.27. The fourth-order valence-electron chi connectivity index (χ4n) is 1.75. The average molecular weight is 304 g/mol. The van der Waals surface area contributed by atoms with Crippen LogP contribution in [0.5, 0.6) is 0 Å². The number of anilines is 1. The van der Waals surface area contributed by atoms with Gasteiger partial charge >= 0.3 is 12.2 Å². The molecular weight excluding hydrogens is 285 g/mol. The van der Waals surface area contributed by atoms with Crippen molar-refractivity contribution in [2.24, 2.45) is 0 Å².